The molecule has 2 heterocycles. The summed E-state index contributed by atoms with van der Waals surface area (Å²) in [6.45, 7) is 1.70. The van der Waals surface area contributed by atoms with Gasteiger partial charge in [0, 0.05) is 17.3 Å². The molecule has 0 saturated carbocycles. The summed E-state index contributed by atoms with van der Waals surface area (Å²) < 4.78 is 19.3. The number of aromatic nitrogens is 5. The predicted octanol–water partition coefficient (Wildman–Crippen LogP) is 4.55. The minimum Gasteiger partial charge on any atom is -0.439 e. The maximum Gasteiger partial charge on any atom is 0.246 e. The average Bonchev–Trinajstić information content (AvgIpc) is 3.19. The summed E-state index contributed by atoms with van der Waals surface area (Å²) in [5, 5.41) is 10.6. The summed E-state index contributed by atoms with van der Waals surface area (Å²) in [6.07, 6.45) is 1.86. The average molecular weight is 423 g/mol. The number of nitrogens with two attached hydrogens (primary N) is 1. The van der Waals surface area contributed by atoms with Crippen LogP contribution in [0.3, 0.4) is 0 Å². The fourth-order valence-electron chi connectivity index (χ4n) is 2.69. The zero-order valence-corrected chi connectivity index (χ0v) is 17.0. The molecule has 0 atom stereocenters. The van der Waals surface area contributed by atoms with Gasteiger partial charge in [0.1, 0.15) is 17.4 Å². The number of halogens is 1. The number of aromatic amines is 1. The van der Waals surface area contributed by atoms with Crippen molar-refractivity contribution < 1.29 is 9.13 Å². The summed E-state index contributed by atoms with van der Waals surface area (Å²) in [5.41, 5.74) is 7.81. The van der Waals surface area contributed by atoms with Crippen molar-refractivity contribution in [2.75, 3.05) is 17.3 Å². The van der Waals surface area contributed by atoms with Crippen LogP contribution in [0.5, 0.6) is 11.6 Å². The number of rotatable bonds is 6. The number of nitrogens with one attached hydrogen (secondary N) is 2. The smallest absolute Gasteiger partial charge is 0.246 e. The van der Waals surface area contributed by atoms with Crippen LogP contribution in [0.4, 0.5) is 21.8 Å². The number of hydrogen-bond acceptors (Lipinski definition) is 8. The summed E-state index contributed by atoms with van der Waals surface area (Å²) in [6, 6.07) is 13.6. The van der Waals surface area contributed by atoms with Crippen molar-refractivity contribution in [1.82, 2.24) is 25.1 Å². The Labute approximate surface area is 176 Å². The molecule has 0 aliphatic heterocycles. The lowest BCUT2D eigenvalue weighted by Crippen LogP contribution is -1.97. The second-order valence-corrected chi connectivity index (χ2v) is 7.12. The number of hydrogen-bond donors (Lipinski definition) is 3. The van der Waals surface area contributed by atoms with Crippen molar-refractivity contribution in [3.05, 3.63) is 59.9 Å². The maximum absolute atomic E-state index is 13.4. The molecular formula is C20H18FN7OS. The van der Waals surface area contributed by atoms with E-state index in [2.05, 4.69) is 30.5 Å². The number of thioether (sulfide) groups is 1. The Morgan fingerprint density at radius 3 is 2.77 bits per heavy atom. The molecule has 152 valence electrons. The molecule has 0 radical (unpaired) electrons. The molecule has 4 N–H and O–H groups in total. The van der Waals surface area contributed by atoms with E-state index >= 15 is 0 Å². The Morgan fingerprint density at radius 1 is 1.10 bits per heavy atom. The van der Waals surface area contributed by atoms with Crippen LogP contribution in [0.15, 0.2) is 53.7 Å². The molecule has 0 amide bonds. The molecule has 0 aliphatic rings. The number of aryl methyl sites for hydroxylation is 1. The highest BCUT2D eigenvalue weighted by Gasteiger charge is 2.10. The van der Waals surface area contributed by atoms with E-state index in [9.17, 15) is 4.39 Å². The molecule has 0 unspecified atom stereocenters. The van der Waals surface area contributed by atoms with Gasteiger partial charge in [-0.25, -0.2) is 9.37 Å². The lowest BCUT2D eigenvalue weighted by Gasteiger charge is -2.07. The second-order valence-electron chi connectivity index (χ2n) is 6.34. The van der Waals surface area contributed by atoms with Gasteiger partial charge in [0.15, 0.2) is 11.0 Å². The highest BCUT2D eigenvalue weighted by atomic mass is 32.2. The Balaban J connectivity index is 1.53. The van der Waals surface area contributed by atoms with E-state index in [0.29, 0.717) is 45.6 Å². The molecule has 0 saturated heterocycles. The first-order chi connectivity index (χ1) is 14.5. The number of anilines is 3. The number of ether oxygens (including phenoxy) is 1. The Hall–Kier alpha value is -3.66. The first kappa shape index (κ1) is 19.6. The molecule has 0 spiro atoms. The summed E-state index contributed by atoms with van der Waals surface area (Å²) in [5.74, 6) is 1.92. The van der Waals surface area contributed by atoms with Crippen LogP contribution < -0.4 is 15.8 Å². The van der Waals surface area contributed by atoms with Gasteiger partial charge in [0.25, 0.3) is 0 Å². The van der Waals surface area contributed by atoms with E-state index in [4.69, 9.17) is 10.5 Å². The van der Waals surface area contributed by atoms with E-state index < -0.39 is 0 Å². The summed E-state index contributed by atoms with van der Waals surface area (Å²) in [4.78, 5) is 12.8. The van der Waals surface area contributed by atoms with Crippen LogP contribution in [0.1, 0.15) is 5.56 Å². The van der Waals surface area contributed by atoms with E-state index in [1.807, 2.05) is 24.5 Å². The van der Waals surface area contributed by atoms with Gasteiger partial charge in [-0.15, -0.1) is 5.10 Å². The SMILES string of the molecule is CSc1nc(N)cc(Oc2cccc(-c3nc(Nc4ccc(F)c(C)c4)n[nH]3)c2)n1. The molecular weight excluding hydrogens is 405 g/mol. The molecule has 8 nitrogen and oxygen atoms in total. The zero-order chi connectivity index (χ0) is 21.1. The molecule has 30 heavy (non-hydrogen) atoms. The Bertz CT molecular complexity index is 1200. The van der Waals surface area contributed by atoms with Gasteiger partial charge in [-0.05, 0) is 49.1 Å². The molecule has 2 aromatic heterocycles. The zero-order valence-electron chi connectivity index (χ0n) is 16.2. The molecule has 10 heteroatoms. The van der Waals surface area contributed by atoms with Gasteiger partial charge in [-0.3, -0.25) is 5.10 Å². The van der Waals surface area contributed by atoms with Gasteiger partial charge >= 0.3 is 0 Å². The number of H-pyrrole nitrogens is 1. The van der Waals surface area contributed by atoms with E-state index in [-0.39, 0.29) is 5.82 Å². The number of nitrogens with zero attached hydrogens (tertiary/aromatic N) is 4. The van der Waals surface area contributed by atoms with E-state index in [1.165, 1.54) is 17.8 Å². The first-order valence-corrected chi connectivity index (χ1v) is 10.1. The molecule has 2 aromatic carbocycles. The minimum atomic E-state index is -0.261. The maximum atomic E-state index is 13.4. The third kappa shape index (κ3) is 4.49. The van der Waals surface area contributed by atoms with Crippen LogP contribution in [0, 0.1) is 12.7 Å². The van der Waals surface area contributed by atoms with Crippen molar-refractivity contribution in [3.63, 3.8) is 0 Å². The van der Waals surface area contributed by atoms with Gasteiger partial charge in [-0.1, -0.05) is 23.9 Å². The van der Waals surface area contributed by atoms with Crippen LogP contribution in [-0.2, 0) is 0 Å². The fraction of sp³-hybridized carbons (Fsp3) is 0.100. The summed E-state index contributed by atoms with van der Waals surface area (Å²) >= 11 is 1.38. The van der Waals surface area contributed by atoms with E-state index in [1.54, 1.807) is 31.2 Å². The molecule has 0 bridgehead atoms. The molecule has 0 aliphatic carbocycles. The van der Waals surface area contributed by atoms with Crippen molar-refractivity contribution in [1.29, 1.82) is 0 Å². The van der Waals surface area contributed by atoms with Gasteiger partial charge in [0.05, 0.1) is 0 Å². The van der Waals surface area contributed by atoms with Crippen LogP contribution in [0.25, 0.3) is 11.4 Å². The van der Waals surface area contributed by atoms with Crippen molar-refractivity contribution in [2.24, 2.45) is 0 Å². The Kier molecular flexibility index (Phi) is 5.48. The number of benzene rings is 2. The lowest BCUT2D eigenvalue weighted by atomic mass is 10.2. The number of nitrogen functional groups attached to an aromatic ring is 1. The van der Waals surface area contributed by atoms with E-state index in [0.717, 1.165) is 5.56 Å². The lowest BCUT2D eigenvalue weighted by molar-refractivity contribution is 0.456. The first-order valence-electron chi connectivity index (χ1n) is 8.92. The third-order valence-corrected chi connectivity index (χ3v) is 4.66. The quantitative estimate of drug-likeness (QED) is 0.306. The molecule has 0 fully saturated rings. The van der Waals surface area contributed by atoms with Crippen LogP contribution >= 0.6 is 11.8 Å². The normalized spacial score (nSPS) is 10.8. The van der Waals surface area contributed by atoms with Gasteiger partial charge in [0.2, 0.25) is 11.8 Å². The largest absolute Gasteiger partial charge is 0.439 e. The summed E-state index contributed by atoms with van der Waals surface area (Å²) in [7, 11) is 0. The monoisotopic (exact) mass is 423 g/mol. The highest BCUT2D eigenvalue weighted by molar-refractivity contribution is 7.98. The van der Waals surface area contributed by atoms with Gasteiger partial charge < -0.3 is 15.8 Å². The highest BCUT2D eigenvalue weighted by Crippen LogP contribution is 2.27. The molecule has 4 aromatic rings. The predicted molar refractivity (Wildman–Crippen MR) is 115 cm³/mol. The second kappa shape index (κ2) is 8.37. The topological polar surface area (TPSA) is 115 Å². The Morgan fingerprint density at radius 2 is 1.97 bits per heavy atom. The van der Waals surface area contributed by atoms with Crippen molar-refractivity contribution in [3.8, 4) is 23.0 Å². The van der Waals surface area contributed by atoms with Gasteiger partial charge in [-0.2, -0.15) is 9.97 Å². The van der Waals surface area contributed by atoms with Crippen molar-refractivity contribution >= 4 is 29.2 Å². The fourth-order valence-corrected chi connectivity index (χ4v) is 3.07. The van der Waals surface area contributed by atoms with Crippen molar-refractivity contribution in [2.45, 2.75) is 12.1 Å². The minimum absolute atomic E-state index is 0.261. The van der Waals surface area contributed by atoms with Crippen LogP contribution in [0.2, 0.25) is 0 Å². The third-order valence-electron chi connectivity index (χ3n) is 4.11. The molecule has 4 rings (SSSR count). The standard InChI is InChI=1S/C20H18FN7OS/c1-11-8-13(6-7-15(11)21)23-19-26-18(27-28-19)12-4-3-5-14(9-12)29-17-10-16(22)24-20(25-17)30-2/h3-10H,1-2H3,(H2,22,24,25)(H2,23,26,27,28). The van der Waals surface area contributed by atoms with Crippen LogP contribution in [-0.4, -0.2) is 31.4 Å².